The van der Waals surface area contributed by atoms with Crippen LogP contribution in [0.2, 0.25) is 0 Å². The highest BCUT2D eigenvalue weighted by Gasteiger charge is 2.25. The predicted octanol–water partition coefficient (Wildman–Crippen LogP) is 1.93. The minimum atomic E-state index is 0.0554. The quantitative estimate of drug-likeness (QED) is 0.734. The van der Waals surface area contributed by atoms with Crippen LogP contribution in [0.1, 0.15) is 27.0 Å². The van der Waals surface area contributed by atoms with Gasteiger partial charge in [-0.1, -0.05) is 18.2 Å². The number of carbonyl (C=O) groups is 1. The van der Waals surface area contributed by atoms with Gasteiger partial charge in [-0.25, -0.2) is 4.52 Å². The minimum absolute atomic E-state index is 0.0554. The van der Waals surface area contributed by atoms with Crippen LogP contribution in [0.15, 0.2) is 36.8 Å². The molecule has 0 unspecified atom stereocenters. The molecule has 0 saturated heterocycles. The van der Waals surface area contributed by atoms with Crippen molar-refractivity contribution in [3.8, 4) is 0 Å². The van der Waals surface area contributed by atoms with Crippen molar-refractivity contribution in [1.82, 2.24) is 24.0 Å². The van der Waals surface area contributed by atoms with Gasteiger partial charge >= 0.3 is 0 Å². The number of aromatic nitrogens is 3. The number of aryl methyl sites for hydroxylation is 1. The van der Waals surface area contributed by atoms with Crippen molar-refractivity contribution in [3.63, 3.8) is 0 Å². The molecule has 1 amide bonds. The molecule has 1 aliphatic rings. The highest BCUT2D eigenvalue weighted by atomic mass is 16.2. The zero-order chi connectivity index (χ0) is 17.6. The van der Waals surface area contributed by atoms with E-state index >= 15 is 0 Å². The van der Waals surface area contributed by atoms with Gasteiger partial charge in [0.2, 0.25) is 0 Å². The summed E-state index contributed by atoms with van der Waals surface area (Å²) < 4.78 is 3.68. The van der Waals surface area contributed by atoms with E-state index in [0.29, 0.717) is 12.1 Å². The van der Waals surface area contributed by atoms with Gasteiger partial charge in [0, 0.05) is 39.1 Å². The molecule has 6 nitrogen and oxygen atoms in total. The van der Waals surface area contributed by atoms with E-state index in [0.717, 1.165) is 25.2 Å². The van der Waals surface area contributed by atoms with Crippen molar-refractivity contribution >= 4 is 11.6 Å². The van der Waals surface area contributed by atoms with Gasteiger partial charge in [0.25, 0.3) is 5.91 Å². The van der Waals surface area contributed by atoms with Crippen LogP contribution in [0.3, 0.4) is 0 Å². The summed E-state index contributed by atoms with van der Waals surface area (Å²) in [6.07, 6.45) is 6.36. The number of carbonyl (C=O) groups excluding carboxylic acids is 1. The fraction of sp³-hybridized carbons (Fsp3) is 0.368. The molecular weight excluding hydrogens is 314 g/mol. The van der Waals surface area contributed by atoms with Crippen LogP contribution in [-0.2, 0) is 26.6 Å². The van der Waals surface area contributed by atoms with Crippen molar-refractivity contribution in [1.29, 1.82) is 0 Å². The number of benzene rings is 1. The fourth-order valence-corrected chi connectivity index (χ4v) is 3.61. The second kappa shape index (κ2) is 6.04. The number of amides is 1. The Morgan fingerprint density at radius 1 is 1.24 bits per heavy atom. The molecule has 0 atom stereocenters. The van der Waals surface area contributed by atoms with Crippen LogP contribution in [-0.4, -0.2) is 50.5 Å². The van der Waals surface area contributed by atoms with Crippen LogP contribution in [0.4, 0.5) is 0 Å². The second-order valence-corrected chi connectivity index (χ2v) is 7.05. The standard InChI is InChI=1S/C19H23N5O/c1-21(2)12-14-4-5-16-13-23(7-6-15(16)10-14)19(25)17-11-20-24-9-8-22(3)18(17)24/h4-5,8-11H,6-7,12-13H2,1-3H3. The second-order valence-electron chi connectivity index (χ2n) is 7.05. The Morgan fingerprint density at radius 2 is 2.08 bits per heavy atom. The summed E-state index contributed by atoms with van der Waals surface area (Å²) in [4.78, 5) is 17.1. The summed E-state index contributed by atoms with van der Waals surface area (Å²) in [6.45, 7) is 2.36. The Bertz CT molecular complexity index is 937. The maximum atomic E-state index is 13.0. The first-order valence-corrected chi connectivity index (χ1v) is 8.56. The summed E-state index contributed by atoms with van der Waals surface area (Å²) in [6, 6.07) is 6.62. The lowest BCUT2D eigenvalue weighted by Crippen LogP contribution is -2.36. The maximum absolute atomic E-state index is 13.0. The number of hydrogen-bond acceptors (Lipinski definition) is 3. The maximum Gasteiger partial charge on any atom is 0.259 e. The van der Waals surface area contributed by atoms with E-state index in [1.807, 2.05) is 28.9 Å². The van der Waals surface area contributed by atoms with Gasteiger partial charge < -0.3 is 14.4 Å². The molecule has 6 heteroatoms. The van der Waals surface area contributed by atoms with Crippen molar-refractivity contribution in [2.75, 3.05) is 20.6 Å². The van der Waals surface area contributed by atoms with Crippen molar-refractivity contribution < 1.29 is 4.79 Å². The lowest BCUT2D eigenvalue weighted by atomic mass is 9.96. The molecule has 1 aliphatic heterocycles. The smallest absolute Gasteiger partial charge is 0.259 e. The first-order chi connectivity index (χ1) is 12.0. The summed E-state index contributed by atoms with van der Waals surface area (Å²) in [7, 11) is 6.09. The highest BCUT2D eigenvalue weighted by Crippen LogP contribution is 2.23. The summed E-state index contributed by atoms with van der Waals surface area (Å²) >= 11 is 0. The van der Waals surface area contributed by atoms with E-state index in [-0.39, 0.29) is 5.91 Å². The van der Waals surface area contributed by atoms with Crippen LogP contribution >= 0.6 is 0 Å². The Morgan fingerprint density at radius 3 is 2.88 bits per heavy atom. The van der Waals surface area contributed by atoms with Crippen molar-refractivity contribution in [2.45, 2.75) is 19.5 Å². The molecule has 0 fully saturated rings. The first-order valence-electron chi connectivity index (χ1n) is 8.56. The lowest BCUT2D eigenvalue weighted by molar-refractivity contribution is 0.0736. The summed E-state index contributed by atoms with van der Waals surface area (Å²) in [5, 5.41) is 4.28. The molecule has 0 radical (unpaired) electrons. The molecule has 2 aromatic heterocycles. The molecule has 3 aromatic rings. The number of hydrogen-bond donors (Lipinski definition) is 0. The Hall–Kier alpha value is -2.60. The molecule has 1 aromatic carbocycles. The first kappa shape index (κ1) is 15.9. The third-order valence-electron chi connectivity index (χ3n) is 4.83. The van der Waals surface area contributed by atoms with Crippen LogP contribution in [0.5, 0.6) is 0 Å². The average Bonchev–Trinajstić information content (AvgIpc) is 3.16. The lowest BCUT2D eigenvalue weighted by Gasteiger charge is -2.29. The zero-order valence-electron chi connectivity index (χ0n) is 14.9. The van der Waals surface area contributed by atoms with E-state index in [1.165, 1.54) is 16.7 Å². The van der Waals surface area contributed by atoms with Crippen LogP contribution in [0, 0.1) is 0 Å². The van der Waals surface area contributed by atoms with Gasteiger partial charge in [0.1, 0.15) is 11.2 Å². The van der Waals surface area contributed by atoms with E-state index < -0.39 is 0 Å². The monoisotopic (exact) mass is 337 g/mol. The number of imidazole rings is 1. The normalized spacial score (nSPS) is 14.3. The largest absolute Gasteiger partial charge is 0.334 e. The summed E-state index contributed by atoms with van der Waals surface area (Å²) in [5.74, 6) is 0.0554. The topological polar surface area (TPSA) is 45.8 Å². The minimum Gasteiger partial charge on any atom is -0.334 e. The van der Waals surface area contributed by atoms with Gasteiger partial charge in [-0.3, -0.25) is 4.79 Å². The van der Waals surface area contributed by atoms with E-state index in [2.05, 4.69) is 42.3 Å². The van der Waals surface area contributed by atoms with Crippen molar-refractivity contribution in [2.24, 2.45) is 7.05 Å². The van der Waals surface area contributed by atoms with Crippen LogP contribution in [0.25, 0.3) is 5.65 Å². The molecular formula is C19H23N5O. The zero-order valence-corrected chi connectivity index (χ0v) is 14.9. The molecule has 130 valence electrons. The Balaban J connectivity index is 1.58. The molecule has 0 bridgehead atoms. The number of fused-ring (bicyclic) bond motifs is 2. The Kier molecular flexibility index (Phi) is 3.84. The third-order valence-corrected chi connectivity index (χ3v) is 4.83. The molecule has 25 heavy (non-hydrogen) atoms. The van der Waals surface area contributed by atoms with Crippen LogP contribution < -0.4 is 0 Å². The van der Waals surface area contributed by atoms with Gasteiger partial charge in [0.05, 0.1) is 6.20 Å². The number of nitrogens with zero attached hydrogens (tertiary/aromatic N) is 5. The third kappa shape index (κ3) is 2.82. The van der Waals surface area contributed by atoms with Gasteiger partial charge in [-0.2, -0.15) is 5.10 Å². The van der Waals surface area contributed by atoms with E-state index in [1.54, 1.807) is 10.7 Å². The molecule has 0 saturated carbocycles. The molecule has 4 rings (SSSR count). The van der Waals surface area contributed by atoms with Gasteiger partial charge in [-0.05, 0) is 37.2 Å². The molecule has 0 aliphatic carbocycles. The van der Waals surface area contributed by atoms with Crippen molar-refractivity contribution in [3.05, 3.63) is 59.0 Å². The number of rotatable bonds is 3. The predicted molar refractivity (Wildman–Crippen MR) is 96.4 cm³/mol. The average molecular weight is 337 g/mol. The molecule has 0 N–H and O–H groups in total. The van der Waals surface area contributed by atoms with E-state index in [9.17, 15) is 4.79 Å². The Labute approximate surface area is 147 Å². The van der Waals surface area contributed by atoms with Gasteiger partial charge in [0.15, 0.2) is 0 Å². The molecule has 3 heterocycles. The molecule has 0 spiro atoms. The highest BCUT2D eigenvalue weighted by molar-refractivity contribution is 5.99. The van der Waals surface area contributed by atoms with Gasteiger partial charge in [-0.15, -0.1) is 0 Å². The van der Waals surface area contributed by atoms with E-state index in [4.69, 9.17) is 0 Å². The SMILES string of the molecule is CN(C)Cc1ccc2c(c1)CCN(C(=O)c1cnn3ccn(C)c13)C2. The summed E-state index contributed by atoms with van der Waals surface area (Å²) in [5.41, 5.74) is 5.45. The fourth-order valence-electron chi connectivity index (χ4n) is 3.61.